The number of hydrogen-bond acceptors (Lipinski definition) is 8. The highest BCUT2D eigenvalue weighted by Crippen LogP contribution is 2.32. The molecule has 2 aromatic heterocycles. The summed E-state index contributed by atoms with van der Waals surface area (Å²) < 4.78 is 49.9. The molecule has 0 N–H and O–H groups in total. The highest BCUT2D eigenvalue weighted by atomic mass is 32.2. The maximum absolute atomic E-state index is 13.3. The van der Waals surface area contributed by atoms with E-state index in [0.29, 0.717) is 15.3 Å². The fourth-order valence-electron chi connectivity index (χ4n) is 3.59. The molecule has 0 aliphatic rings. The smallest absolute Gasteiger partial charge is 0.229 e. The van der Waals surface area contributed by atoms with E-state index in [-0.39, 0.29) is 40.8 Å². The van der Waals surface area contributed by atoms with Crippen molar-refractivity contribution in [3.8, 4) is 0 Å². The van der Waals surface area contributed by atoms with Gasteiger partial charge in [-0.2, -0.15) is 0 Å². The average molecular weight is 544 g/mol. The van der Waals surface area contributed by atoms with Crippen molar-refractivity contribution >= 4 is 52.3 Å². The Hall–Kier alpha value is -3.15. The van der Waals surface area contributed by atoms with Crippen LogP contribution in [-0.4, -0.2) is 44.7 Å². The van der Waals surface area contributed by atoms with Gasteiger partial charge in [-0.25, -0.2) is 21.8 Å². The molecule has 1 amide bonds. The Bertz CT molecular complexity index is 1600. The second-order valence-electron chi connectivity index (χ2n) is 8.47. The van der Waals surface area contributed by atoms with Crippen molar-refractivity contribution in [3.63, 3.8) is 0 Å². The molecule has 0 unspecified atom stereocenters. The van der Waals surface area contributed by atoms with E-state index in [4.69, 9.17) is 0 Å². The van der Waals surface area contributed by atoms with Gasteiger partial charge < -0.3 is 0 Å². The number of aryl methyl sites for hydroxylation is 1. The highest BCUT2D eigenvalue weighted by Gasteiger charge is 2.22. The number of fused-ring (bicyclic) bond motifs is 1. The lowest BCUT2D eigenvalue weighted by Crippen LogP contribution is -2.30. The first-order valence-electron chi connectivity index (χ1n) is 11.1. The van der Waals surface area contributed by atoms with Crippen LogP contribution in [0.15, 0.2) is 76.8 Å². The summed E-state index contributed by atoms with van der Waals surface area (Å²) in [6.45, 7) is 2.09. The normalized spacial score (nSPS) is 12.1. The largest absolute Gasteiger partial charge is 0.284 e. The molecule has 0 saturated carbocycles. The predicted octanol–water partition coefficient (Wildman–Crippen LogP) is 4.19. The van der Waals surface area contributed by atoms with Crippen molar-refractivity contribution in [1.29, 1.82) is 0 Å². The van der Waals surface area contributed by atoms with Crippen LogP contribution in [0.1, 0.15) is 24.0 Å². The van der Waals surface area contributed by atoms with Crippen LogP contribution in [0.3, 0.4) is 0 Å². The molecule has 0 bridgehead atoms. The number of carbonyl (C=O) groups excluding carboxylic acids is 1. The summed E-state index contributed by atoms with van der Waals surface area (Å²) in [6, 6.07) is 14.9. The predicted molar refractivity (Wildman–Crippen MR) is 141 cm³/mol. The van der Waals surface area contributed by atoms with Crippen molar-refractivity contribution in [2.24, 2.45) is 0 Å². The summed E-state index contributed by atoms with van der Waals surface area (Å²) in [5.74, 6) is -0.430. The van der Waals surface area contributed by atoms with Crippen molar-refractivity contribution in [2.75, 3.05) is 16.9 Å². The van der Waals surface area contributed by atoms with Gasteiger partial charge in [0.25, 0.3) is 0 Å². The van der Waals surface area contributed by atoms with E-state index >= 15 is 0 Å². The number of rotatable bonds is 9. The summed E-state index contributed by atoms with van der Waals surface area (Å²) in [5.41, 5.74) is 2.33. The molecule has 4 rings (SSSR count). The van der Waals surface area contributed by atoms with E-state index < -0.39 is 19.7 Å². The topological polar surface area (TPSA) is 114 Å². The van der Waals surface area contributed by atoms with Gasteiger partial charge in [0.2, 0.25) is 5.91 Å². The summed E-state index contributed by atoms with van der Waals surface area (Å²) in [6.07, 6.45) is 4.59. The number of carbonyl (C=O) groups is 1. The molecule has 8 nitrogen and oxygen atoms in total. The SMILES string of the molecule is Cc1ccc(S(=O)(=O)CCCC(=O)N(Cc2cccnc2)c2nc3ccc(S(C)(=O)=O)cc3s2)cc1. The van der Waals surface area contributed by atoms with E-state index in [1.54, 1.807) is 54.9 Å². The molecule has 0 aliphatic carbocycles. The molecule has 0 fully saturated rings. The highest BCUT2D eigenvalue weighted by molar-refractivity contribution is 7.91. The fraction of sp³-hybridized carbons (Fsp3) is 0.240. The van der Waals surface area contributed by atoms with Crippen LogP contribution in [0.2, 0.25) is 0 Å². The first kappa shape index (κ1) is 25.9. The number of sulfone groups is 2. The van der Waals surface area contributed by atoms with Crippen molar-refractivity contribution in [1.82, 2.24) is 9.97 Å². The van der Waals surface area contributed by atoms with E-state index in [1.165, 1.54) is 22.3 Å². The molecule has 0 spiro atoms. The lowest BCUT2D eigenvalue weighted by molar-refractivity contribution is -0.118. The fourth-order valence-corrected chi connectivity index (χ4v) is 6.64. The Morgan fingerprint density at radius 3 is 2.39 bits per heavy atom. The summed E-state index contributed by atoms with van der Waals surface area (Å²) in [7, 11) is -6.90. The maximum atomic E-state index is 13.3. The minimum atomic E-state index is -3.51. The van der Waals surface area contributed by atoms with Gasteiger partial charge >= 0.3 is 0 Å². The lowest BCUT2D eigenvalue weighted by atomic mass is 10.2. The van der Waals surface area contributed by atoms with E-state index in [1.807, 2.05) is 13.0 Å². The molecular weight excluding hydrogens is 518 g/mol. The Kier molecular flexibility index (Phi) is 7.53. The summed E-state index contributed by atoms with van der Waals surface area (Å²) in [4.78, 5) is 23.9. The molecule has 2 heterocycles. The van der Waals surface area contributed by atoms with Crippen LogP contribution in [0, 0.1) is 6.92 Å². The number of aromatic nitrogens is 2. The zero-order chi connectivity index (χ0) is 25.9. The van der Waals surface area contributed by atoms with Gasteiger partial charge in [-0.05, 0) is 55.3 Å². The van der Waals surface area contributed by atoms with Crippen LogP contribution >= 0.6 is 11.3 Å². The Balaban J connectivity index is 1.56. The maximum Gasteiger partial charge on any atom is 0.229 e. The molecule has 0 saturated heterocycles. The molecule has 0 atom stereocenters. The Labute approximate surface area is 214 Å². The number of benzene rings is 2. The van der Waals surface area contributed by atoms with Crippen LogP contribution in [0.25, 0.3) is 10.2 Å². The first-order valence-corrected chi connectivity index (χ1v) is 15.5. The van der Waals surface area contributed by atoms with Gasteiger partial charge in [0.05, 0.1) is 32.3 Å². The van der Waals surface area contributed by atoms with Gasteiger partial charge in [-0.3, -0.25) is 14.7 Å². The molecule has 2 aromatic carbocycles. The number of hydrogen-bond donors (Lipinski definition) is 0. The van der Waals surface area contributed by atoms with Gasteiger partial charge in [0, 0.05) is 25.1 Å². The molecular formula is C25H25N3O5S3. The van der Waals surface area contributed by atoms with Crippen molar-refractivity contribution < 1.29 is 21.6 Å². The minimum absolute atomic E-state index is 0.00979. The molecule has 11 heteroatoms. The number of pyridine rings is 1. The van der Waals surface area contributed by atoms with Crippen molar-refractivity contribution in [3.05, 3.63) is 78.1 Å². The summed E-state index contributed by atoms with van der Waals surface area (Å²) in [5, 5.41) is 0.408. The molecule has 0 aliphatic heterocycles. The zero-order valence-electron chi connectivity index (χ0n) is 19.8. The molecule has 188 valence electrons. The average Bonchev–Trinajstić information content (AvgIpc) is 3.26. The lowest BCUT2D eigenvalue weighted by Gasteiger charge is -2.20. The monoisotopic (exact) mass is 543 g/mol. The second kappa shape index (κ2) is 10.5. The second-order valence-corrected chi connectivity index (χ2v) is 13.6. The van der Waals surface area contributed by atoms with Crippen LogP contribution in [-0.2, 0) is 31.0 Å². The van der Waals surface area contributed by atoms with Crippen LogP contribution < -0.4 is 4.90 Å². The van der Waals surface area contributed by atoms with Gasteiger partial charge in [-0.15, -0.1) is 0 Å². The number of thiazole rings is 1. The number of anilines is 1. The third-order valence-electron chi connectivity index (χ3n) is 5.56. The number of nitrogens with zero attached hydrogens (tertiary/aromatic N) is 3. The standard InChI is InChI=1S/C25H25N3O5S3/c1-18-7-9-20(10-8-18)36(32,33)14-4-6-24(29)28(17-19-5-3-13-26-16-19)25-27-22-12-11-21(35(2,30)31)15-23(22)34-25/h3,5,7-13,15-16H,4,6,14,17H2,1-2H3. The number of amides is 1. The summed E-state index contributed by atoms with van der Waals surface area (Å²) >= 11 is 1.21. The van der Waals surface area contributed by atoms with E-state index in [0.717, 1.165) is 17.4 Å². The van der Waals surface area contributed by atoms with Gasteiger partial charge in [-0.1, -0.05) is 35.1 Å². The zero-order valence-corrected chi connectivity index (χ0v) is 22.2. The van der Waals surface area contributed by atoms with Crippen molar-refractivity contribution in [2.45, 2.75) is 36.1 Å². The van der Waals surface area contributed by atoms with Gasteiger partial charge in [0.1, 0.15) is 0 Å². The van der Waals surface area contributed by atoms with Crippen LogP contribution in [0.5, 0.6) is 0 Å². The molecule has 4 aromatic rings. The molecule has 36 heavy (non-hydrogen) atoms. The Morgan fingerprint density at radius 1 is 1.00 bits per heavy atom. The molecule has 0 radical (unpaired) electrons. The first-order chi connectivity index (χ1) is 17.0. The quantitative estimate of drug-likeness (QED) is 0.311. The minimum Gasteiger partial charge on any atom is -0.284 e. The van der Waals surface area contributed by atoms with E-state index in [2.05, 4.69) is 9.97 Å². The van der Waals surface area contributed by atoms with Gasteiger partial charge in [0.15, 0.2) is 24.8 Å². The Morgan fingerprint density at radius 2 is 1.72 bits per heavy atom. The van der Waals surface area contributed by atoms with E-state index in [9.17, 15) is 21.6 Å². The third-order valence-corrected chi connectivity index (χ3v) is 9.52. The van der Waals surface area contributed by atoms with Crippen LogP contribution in [0.4, 0.5) is 5.13 Å². The third kappa shape index (κ3) is 6.15.